The summed E-state index contributed by atoms with van der Waals surface area (Å²) in [6, 6.07) is 8.01. The number of carbonyl (C=O) groups is 1. The van der Waals surface area contributed by atoms with Gasteiger partial charge in [0.25, 0.3) is 0 Å². The summed E-state index contributed by atoms with van der Waals surface area (Å²) in [6.45, 7) is 0. The molecule has 106 valence electrons. The van der Waals surface area contributed by atoms with Crippen molar-refractivity contribution in [2.45, 2.75) is 44.2 Å². The molecule has 4 heteroatoms. The van der Waals surface area contributed by atoms with Gasteiger partial charge in [-0.1, -0.05) is 12.8 Å². The third-order valence-electron chi connectivity index (χ3n) is 3.96. The number of amides is 1. The van der Waals surface area contributed by atoms with Crippen LogP contribution in [0.3, 0.4) is 0 Å². The van der Waals surface area contributed by atoms with E-state index >= 15 is 0 Å². The van der Waals surface area contributed by atoms with Crippen LogP contribution in [0, 0.1) is 0 Å². The standard InChI is InChI=1S/C16H20N2O2/c19-16(17-13-6-1-2-7-13)12-14(15-8-5-11-20-15)18-9-3-4-10-18/h3-5,8-11,13-14H,1-2,6-7,12H2,(H,17,19). The molecule has 2 heterocycles. The summed E-state index contributed by atoms with van der Waals surface area (Å²) >= 11 is 0. The Labute approximate surface area is 118 Å². The quantitative estimate of drug-likeness (QED) is 0.909. The third-order valence-corrected chi connectivity index (χ3v) is 3.96. The summed E-state index contributed by atoms with van der Waals surface area (Å²) < 4.78 is 7.51. The lowest BCUT2D eigenvalue weighted by Gasteiger charge is -2.18. The van der Waals surface area contributed by atoms with E-state index in [0.717, 1.165) is 18.6 Å². The van der Waals surface area contributed by atoms with Crippen LogP contribution < -0.4 is 5.32 Å². The van der Waals surface area contributed by atoms with Crippen LogP contribution in [0.4, 0.5) is 0 Å². The topological polar surface area (TPSA) is 47.2 Å². The molecular formula is C16H20N2O2. The lowest BCUT2D eigenvalue weighted by atomic mass is 10.1. The zero-order valence-corrected chi connectivity index (χ0v) is 11.5. The number of hydrogen-bond donors (Lipinski definition) is 1. The Kier molecular flexibility index (Phi) is 3.90. The van der Waals surface area contributed by atoms with E-state index < -0.39 is 0 Å². The van der Waals surface area contributed by atoms with E-state index in [-0.39, 0.29) is 11.9 Å². The highest BCUT2D eigenvalue weighted by Crippen LogP contribution is 2.24. The number of nitrogens with zero attached hydrogens (tertiary/aromatic N) is 1. The van der Waals surface area contributed by atoms with Gasteiger partial charge < -0.3 is 14.3 Å². The number of rotatable bonds is 5. The van der Waals surface area contributed by atoms with Crippen LogP contribution in [0.15, 0.2) is 47.3 Å². The molecule has 0 aromatic carbocycles. The Morgan fingerprint density at radius 3 is 2.70 bits per heavy atom. The van der Waals surface area contributed by atoms with Crippen molar-refractivity contribution in [2.75, 3.05) is 0 Å². The molecule has 0 radical (unpaired) electrons. The maximum Gasteiger partial charge on any atom is 0.222 e. The molecule has 0 saturated heterocycles. The van der Waals surface area contributed by atoms with Crippen molar-refractivity contribution in [1.82, 2.24) is 9.88 Å². The number of carbonyl (C=O) groups excluding carboxylic acids is 1. The van der Waals surface area contributed by atoms with Crippen LogP contribution in [0.1, 0.15) is 43.9 Å². The van der Waals surface area contributed by atoms with Crippen molar-refractivity contribution in [3.05, 3.63) is 48.7 Å². The first kappa shape index (κ1) is 13.0. The van der Waals surface area contributed by atoms with E-state index in [1.165, 1.54) is 12.8 Å². The second-order valence-electron chi connectivity index (χ2n) is 5.41. The molecule has 1 fully saturated rings. The van der Waals surface area contributed by atoms with Gasteiger partial charge in [-0.15, -0.1) is 0 Å². The van der Waals surface area contributed by atoms with Gasteiger partial charge in [0.2, 0.25) is 5.91 Å². The molecule has 3 rings (SSSR count). The molecule has 1 atom stereocenters. The lowest BCUT2D eigenvalue weighted by molar-refractivity contribution is -0.122. The van der Waals surface area contributed by atoms with Gasteiger partial charge in [0.05, 0.1) is 18.7 Å². The third kappa shape index (κ3) is 2.95. The van der Waals surface area contributed by atoms with Crippen LogP contribution in [0.25, 0.3) is 0 Å². The summed E-state index contributed by atoms with van der Waals surface area (Å²) in [4.78, 5) is 12.2. The van der Waals surface area contributed by atoms with E-state index in [1.54, 1.807) is 6.26 Å². The highest BCUT2D eigenvalue weighted by molar-refractivity contribution is 5.77. The van der Waals surface area contributed by atoms with Crippen molar-refractivity contribution in [1.29, 1.82) is 0 Å². The SMILES string of the molecule is O=C(CC(c1ccco1)n1cccc1)NC1CCCC1. The van der Waals surface area contributed by atoms with Gasteiger partial charge in [-0.3, -0.25) is 4.79 Å². The zero-order chi connectivity index (χ0) is 13.8. The van der Waals surface area contributed by atoms with Crippen molar-refractivity contribution in [2.24, 2.45) is 0 Å². The zero-order valence-electron chi connectivity index (χ0n) is 11.5. The highest BCUT2D eigenvalue weighted by atomic mass is 16.3. The van der Waals surface area contributed by atoms with E-state index in [4.69, 9.17) is 4.42 Å². The minimum absolute atomic E-state index is 0.0681. The van der Waals surface area contributed by atoms with E-state index in [0.29, 0.717) is 12.5 Å². The first-order chi connectivity index (χ1) is 9.83. The van der Waals surface area contributed by atoms with Gasteiger partial charge in [-0.05, 0) is 37.1 Å². The summed E-state index contributed by atoms with van der Waals surface area (Å²) in [7, 11) is 0. The number of hydrogen-bond acceptors (Lipinski definition) is 2. The Morgan fingerprint density at radius 2 is 2.05 bits per heavy atom. The Balaban J connectivity index is 1.68. The van der Waals surface area contributed by atoms with Gasteiger partial charge in [-0.25, -0.2) is 0 Å². The molecule has 0 spiro atoms. The van der Waals surface area contributed by atoms with Crippen LogP contribution in [-0.4, -0.2) is 16.5 Å². The second kappa shape index (κ2) is 5.99. The fourth-order valence-corrected chi connectivity index (χ4v) is 2.92. The number of aromatic nitrogens is 1. The number of nitrogens with one attached hydrogen (secondary N) is 1. The van der Waals surface area contributed by atoms with Gasteiger partial charge in [-0.2, -0.15) is 0 Å². The second-order valence-corrected chi connectivity index (χ2v) is 5.41. The van der Waals surface area contributed by atoms with Crippen LogP contribution in [-0.2, 0) is 4.79 Å². The van der Waals surface area contributed by atoms with E-state index in [2.05, 4.69) is 5.32 Å². The first-order valence-corrected chi connectivity index (χ1v) is 7.28. The van der Waals surface area contributed by atoms with Crippen molar-refractivity contribution in [3.8, 4) is 0 Å². The first-order valence-electron chi connectivity index (χ1n) is 7.28. The molecular weight excluding hydrogens is 252 g/mol. The lowest BCUT2D eigenvalue weighted by Crippen LogP contribution is -2.34. The smallest absolute Gasteiger partial charge is 0.222 e. The largest absolute Gasteiger partial charge is 0.467 e. The van der Waals surface area contributed by atoms with E-state index in [9.17, 15) is 4.79 Å². The Morgan fingerprint density at radius 1 is 1.30 bits per heavy atom. The minimum atomic E-state index is -0.0681. The van der Waals surface area contributed by atoms with Crippen molar-refractivity contribution >= 4 is 5.91 Å². The maximum absolute atomic E-state index is 12.2. The molecule has 1 N–H and O–H groups in total. The molecule has 1 unspecified atom stereocenters. The monoisotopic (exact) mass is 272 g/mol. The average Bonchev–Trinajstić information content (AvgIpc) is 3.18. The fraction of sp³-hybridized carbons (Fsp3) is 0.438. The summed E-state index contributed by atoms with van der Waals surface area (Å²) in [6.07, 6.45) is 10.7. The van der Waals surface area contributed by atoms with Crippen molar-refractivity contribution < 1.29 is 9.21 Å². The maximum atomic E-state index is 12.2. The molecule has 0 bridgehead atoms. The molecule has 1 saturated carbocycles. The summed E-state index contributed by atoms with van der Waals surface area (Å²) in [5.74, 6) is 0.926. The molecule has 1 aliphatic carbocycles. The summed E-state index contributed by atoms with van der Waals surface area (Å²) in [5, 5.41) is 3.14. The normalized spacial score (nSPS) is 17.2. The van der Waals surface area contributed by atoms with Gasteiger partial charge in [0.15, 0.2) is 0 Å². The molecule has 2 aromatic heterocycles. The predicted octanol–water partition coefficient (Wildman–Crippen LogP) is 3.12. The fourth-order valence-electron chi connectivity index (χ4n) is 2.92. The van der Waals surface area contributed by atoms with Gasteiger partial charge >= 0.3 is 0 Å². The van der Waals surface area contributed by atoms with Crippen LogP contribution >= 0.6 is 0 Å². The molecule has 20 heavy (non-hydrogen) atoms. The molecule has 1 amide bonds. The highest BCUT2D eigenvalue weighted by Gasteiger charge is 2.22. The minimum Gasteiger partial charge on any atom is -0.467 e. The molecule has 0 aliphatic heterocycles. The van der Waals surface area contributed by atoms with Gasteiger partial charge in [0.1, 0.15) is 5.76 Å². The average molecular weight is 272 g/mol. The van der Waals surface area contributed by atoms with Gasteiger partial charge in [0, 0.05) is 18.4 Å². The van der Waals surface area contributed by atoms with Crippen molar-refractivity contribution in [3.63, 3.8) is 0 Å². The molecule has 4 nitrogen and oxygen atoms in total. The Hall–Kier alpha value is -1.97. The van der Waals surface area contributed by atoms with Crippen LogP contribution in [0.5, 0.6) is 0 Å². The van der Waals surface area contributed by atoms with E-state index in [1.807, 2.05) is 41.2 Å². The molecule has 2 aromatic rings. The number of furan rings is 1. The Bertz CT molecular complexity index is 491. The predicted molar refractivity (Wildman–Crippen MR) is 76.3 cm³/mol. The van der Waals surface area contributed by atoms with Crippen LogP contribution in [0.2, 0.25) is 0 Å². The summed E-state index contributed by atoms with van der Waals surface area (Å²) in [5.41, 5.74) is 0. The molecule has 1 aliphatic rings.